The molecule has 0 aromatic heterocycles. The lowest BCUT2D eigenvalue weighted by atomic mass is 9.82. The molecule has 0 aliphatic rings. The number of carboxylic acids is 1. The van der Waals surface area contributed by atoms with Gasteiger partial charge in [0, 0.05) is 16.5 Å². The number of carbonyl (C=O) groups is 2. The third-order valence-corrected chi connectivity index (χ3v) is 3.70. The summed E-state index contributed by atoms with van der Waals surface area (Å²) in [5.41, 5.74) is -0.165. The standard InChI is InChI=1S/C15H19BrO5/c1-15(2,8-14(18)19)7-11(17)9-5-12(20-3)13(21-4)6-10(9)16/h5-6H,7-8H2,1-4H3,(H,18,19). The van der Waals surface area contributed by atoms with E-state index >= 15 is 0 Å². The number of methoxy groups -OCH3 is 2. The van der Waals surface area contributed by atoms with Crippen LogP contribution in [0.1, 0.15) is 37.0 Å². The maximum Gasteiger partial charge on any atom is 0.303 e. The minimum atomic E-state index is -0.917. The normalized spacial score (nSPS) is 11.1. The first-order chi connectivity index (χ1) is 9.70. The third-order valence-electron chi connectivity index (χ3n) is 3.04. The van der Waals surface area contributed by atoms with Crippen LogP contribution in [-0.4, -0.2) is 31.1 Å². The number of aliphatic carboxylic acids is 1. The molecule has 21 heavy (non-hydrogen) atoms. The van der Waals surface area contributed by atoms with Crippen LogP contribution in [0.2, 0.25) is 0 Å². The molecule has 116 valence electrons. The van der Waals surface area contributed by atoms with E-state index in [4.69, 9.17) is 14.6 Å². The fourth-order valence-corrected chi connectivity index (χ4v) is 2.61. The molecule has 0 amide bonds. The largest absolute Gasteiger partial charge is 0.493 e. The predicted octanol–water partition coefficient (Wildman–Crippen LogP) is 3.54. The number of ether oxygens (including phenoxy) is 2. The van der Waals surface area contributed by atoms with Crippen molar-refractivity contribution in [2.45, 2.75) is 26.7 Å². The second-order valence-corrected chi connectivity index (χ2v) is 6.38. The number of carboxylic acid groups (broad SMARTS) is 1. The number of halogens is 1. The first-order valence-electron chi connectivity index (χ1n) is 6.36. The van der Waals surface area contributed by atoms with Gasteiger partial charge in [0.2, 0.25) is 0 Å². The Hall–Kier alpha value is -1.56. The van der Waals surface area contributed by atoms with Crippen LogP contribution < -0.4 is 9.47 Å². The molecule has 0 unspecified atom stereocenters. The Labute approximate surface area is 132 Å². The van der Waals surface area contributed by atoms with Crippen LogP contribution in [0.25, 0.3) is 0 Å². The molecule has 0 saturated carbocycles. The quantitative estimate of drug-likeness (QED) is 0.754. The maximum absolute atomic E-state index is 12.4. The monoisotopic (exact) mass is 358 g/mol. The SMILES string of the molecule is COc1cc(Br)c(C(=O)CC(C)(C)CC(=O)O)cc1OC. The summed E-state index contributed by atoms with van der Waals surface area (Å²) in [5.74, 6) is -0.0842. The van der Waals surface area contributed by atoms with Crippen molar-refractivity contribution in [3.8, 4) is 11.5 Å². The second-order valence-electron chi connectivity index (χ2n) is 5.52. The van der Waals surface area contributed by atoms with E-state index in [0.29, 0.717) is 21.5 Å². The fraction of sp³-hybridized carbons (Fsp3) is 0.467. The topological polar surface area (TPSA) is 72.8 Å². The lowest BCUT2D eigenvalue weighted by Crippen LogP contribution is -2.21. The molecule has 0 heterocycles. The number of carbonyl (C=O) groups excluding carboxylic acids is 1. The second kappa shape index (κ2) is 6.93. The Bertz CT molecular complexity index is 551. The van der Waals surface area contributed by atoms with Crippen LogP contribution >= 0.6 is 15.9 Å². The molecular formula is C15H19BrO5. The molecular weight excluding hydrogens is 340 g/mol. The molecule has 0 radical (unpaired) electrons. The third kappa shape index (κ3) is 4.74. The molecule has 0 bridgehead atoms. The Morgan fingerprint density at radius 2 is 1.67 bits per heavy atom. The van der Waals surface area contributed by atoms with E-state index in [-0.39, 0.29) is 18.6 Å². The van der Waals surface area contributed by atoms with Gasteiger partial charge in [-0.15, -0.1) is 0 Å². The van der Waals surface area contributed by atoms with E-state index in [1.54, 1.807) is 26.0 Å². The summed E-state index contributed by atoms with van der Waals surface area (Å²) in [6.07, 6.45) is 0.0665. The van der Waals surface area contributed by atoms with Gasteiger partial charge in [0.05, 0.1) is 20.6 Å². The highest BCUT2D eigenvalue weighted by atomic mass is 79.9. The highest BCUT2D eigenvalue weighted by molar-refractivity contribution is 9.10. The number of rotatable bonds is 7. The average molecular weight is 359 g/mol. The Morgan fingerprint density at radius 3 is 2.14 bits per heavy atom. The van der Waals surface area contributed by atoms with E-state index < -0.39 is 11.4 Å². The van der Waals surface area contributed by atoms with Crippen molar-refractivity contribution in [2.75, 3.05) is 14.2 Å². The molecule has 0 aliphatic carbocycles. The summed E-state index contributed by atoms with van der Waals surface area (Å²) in [7, 11) is 3.01. The van der Waals surface area contributed by atoms with Gasteiger partial charge < -0.3 is 14.6 Å². The number of Topliss-reactive ketones (excluding diaryl/α,β-unsaturated/α-hetero) is 1. The predicted molar refractivity (Wildman–Crippen MR) is 82.2 cm³/mol. The van der Waals surface area contributed by atoms with Crippen molar-refractivity contribution in [3.63, 3.8) is 0 Å². The average Bonchev–Trinajstić information content (AvgIpc) is 2.35. The van der Waals surface area contributed by atoms with E-state index in [9.17, 15) is 9.59 Å². The molecule has 1 rings (SSSR count). The van der Waals surface area contributed by atoms with Crippen molar-refractivity contribution in [1.82, 2.24) is 0 Å². The Balaban J connectivity index is 3.05. The van der Waals surface area contributed by atoms with Crippen LogP contribution in [0.3, 0.4) is 0 Å². The van der Waals surface area contributed by atoms with Gasteiger partial charge in [-0.25, -0.2) is 0 Å². The number of hydrogen-bond acceptors (Lipinski definition) is 4. The zero-order chi connectivity index (χ0) is 16.2. The molecule has 0 spiro atoms. The highest BCUT2D eigenvalue weighted by Crippen LogP contribution is 2.35. The molecule has 0 saturated heterocycles. The lowest BCUT2D eigenvalue weighted by molar-refractivity contribution is -0.139. The van der Waals surface area contributed by atoms with Crippen LogP contribution in [0, 0.1) is 5.41 Å². The number of hydrogen-bond donors (Lipinski definition) is 1. The van der Waals surface area contributed by atoms with Gasteiger partial charge >= 0.3 is 5.97 Å². The van der Waals surface area contributed by atoms with Gasteiger partial charge in [-0.1, -0.05) is 13.8 Å². The van der Waals surface area contributed by atoms with Crippen LogP contribution in [0.5, 0.6) is 11.5 Å². The van der Waals surface area contributed by atoms with E-state index in [0.717, 1.165) is 0 Å². The maximum atomic E-state index is 12.4. The van der Waals surface area contributed by atoms with Gasteiger partial charge in [0.1, 0.15) is 0 Å². The molecule has 0 aliphatic heterocycles. The summed E-state index contributed by atoms with van der Waals surface area (Å²) >= 11 is 3.34. The van der Waals surface area contributed by atoms with Crippen molar-refractivity contribution < 1.29 is 24.2 Å². The highest BCUT2D eigenvalue weighted by Gasteiger charge is 2.27. The zero-order valence-electron chi connectivity index (χ0n) is 12.5. The fourth-order valence-electron chi connectivity index (χ4n) is 2.07. The molecule has 6 heteroatoms. The molecule has 1 N–H and O–H groups in total. The van der Waals surface area contributed by atoms with Crippen molar-refractivity contribution >= 4 is 27.7 Å². The van der Waals surface area contributed by atoms with Gasteiger partial charge in [-0.3, -0.25) is 9.59 Å². The van der Waals surface area contributed by atoms with Crippen molar-refractivity contribution in [2.24, 2.45) is 5.41 Å². The van der Waals surface area contributed by atoms with E-state index in [1.165, 1.54) is 14.2 Å². The van der Waals surface area contributed by atoms with Crippen LogP contribution in [0.4, 0.5) is 0 Å². The van der Waals surface area contributed by atoms with Crippen LogP contribution in [-0.2, 0) is 4.79 Å². The number of benzene rings is 1. The lowest BCUT2D eigenvalue weighted by Gasteiger charge is -2.22. The van der Waals surface area contributed by atoms with Gasteiger partial charge in [-0.2, -0.15) is 0 Å². The van der Waals surface area contributed by atoms with Gasteiger partial charge in [0.15, 0.2) is 17.3 Å². The summed E-state index contributed by atoms with van der Waals surface area (Å²) in [4.78, 5) is 23.2. The summed E-state index contributed by atoms with van der Waals surface area (Å²) in [6, 6.07) is 3.26. The van der Waals surface area contributed by atoms with E-state index in [1.807, 2.05) is 0 Å². The van der Waals surface area contributed by atoms with Gasteiger partial charge in [-0.05, 0) is 33.5 Å². The summed E-state index contributed by atoms with van der Waals surface area (Å²) in [6.45, 7) is 3.52. The molecule has 0 atom stereocenters. The minimum Gasteiger partial charge on any atom is -0.493 e. The van der Waals surface area contributed by atoms with Crippen molar-refractivity contribution in [1.29, 1.82) is 0 Å². The minimum absolute atomic E-state index is 0.0658. The van der Waals surface area contributed by atoms with E-state index in [2.05, 4.69) is 15.9 Å². The molecule has 5 nitrogen and oxygen atoms in total. The van der Waals surface area contributed by atoms with Crippen molar-refractivity contribution in [3.05, 3.63) is 22.2 Å². The molecule has 0 fully saturated rings. The number of ketones is 1. The summed E-state index contributed by atoms with van der Waals surface area (Å²) < 4.78 is 10.9. The van der Waals surface area contributed by atoms with Gasteiger partial charge in [0.25, 0.3) is 0 Å². The van der Waals surface area contributed by atoms with Crippen LogP contribution in [0.15, 0.2) is 16.6 Å². The Kier molecular flexibility index (Phi) is 5.78. The Morgan fingerprint density at radius 1 is 1.14 bits per heavy atom. The zero-order valence-corrected chi connectivity index (χ0v) is 14.1. The summed E-state index contributed by atoms with van der Waals surface area (Å²) in [5, 5.41) is 8.88. The smallest absolute Gasteiger partial charge is 0.303 e. The molecule has 1 aromatic rings. The first-order valence-corrected chi connectivity index (χ1v) is 7.16. The first kappa shape index (κ1) is 17.5. The molecule has 1 aromatic carbocycles.